The van der Waals surface area contributed by atoms with Crippen molar-refractivity contribution in [2.75, 3.05) is 26.3 Å². The highest BCUT2D eigenvalue weighted by atomic mass is 16.5. The highest BCUT2D eigenvalue weighted by Gasteiger charge is 2.48. The normalized spacial score (nSPS) is 26.5. The molecule has 3 aliphatic rings. The molecule has 7 nitrogen and oxygen atoms in total. The van der Waals surface area contributed by atoms with E-state index in [2.05, 4.69) is 10.6 Å². The van der Waals surface area contributed by atoms with E-state index in [0.29, 0.717) is 39.1 Å². The monoisotopic (exact) mass is 281 g/mol. The summed E-state index contributed by atoms with van der Waals surface area (Å²) in [4.78, 5) is 37.3. The SMILES string of the molecule is O=C1NC(=O)C2(CCN(C(=O)C3CCOCC3)CC2)N1. The van der Waals surface area contributed by atoms with E-state index in [0.717, 1.165) is 12.8 Å². The highest BCUT2D eigenvalue weighted by Crippen LogP contribution is 2.27. The Kier molecular flexibility index (Phi) is 3.37. The highest BCUT2D eigenvalue weighted by molar-refractivity contribution is 6.07. The summed E-state index contributed by atoms with van der Waals surface area (Å²) in [6.07, 6.45) is 2.52. The minimum Gasteiger partial charge on any atom is -0.381 e. The number of nitrogens with one attached hydrogen (secondary N) is 2. The molecule has 0 radical (unpaired) electrons. The van der Waals surface area contributed by atoms with Crippen LogP contribution in [0.15, 0.2) is 0 Å². The van der Waals surface area contributed by atoms with Crippen molar-refractivity contribution in [3.05, 3.63) is 0 Å². The van der Waals surface area contributed by atoms with Crippen molar-refractivity contribution in [3.63, 3.8) is 0 Å². The Morgan fingerprint density at radius 1 is 1.20 bits per heavy atom. The average Bonchev–Trinajstić information content (AvgIpc) is 2.74. The standard InChI is InChI=1S/C13H19N3O4/c17-10(9-1-7-20-8-2-9)16-5-3-13(4-6-16)11(18)14-12(19)15-13/h9H,1-8H2,(H2,14,15,18,19). The molecule has 4 amide bonds. The summed E-state index contributed by atoms with van der Waals surface area (Å²) in [5.41, 5.74) is -0.802. The van der Waals surface area contributed by atoms with E-state index in [1.807, 2.05) is 4.90 Å². The van der Waals surface area contributed by atoms with Crippen LogP contribution in [-0.2, 0) is 14.3 Å². The number of likely N-dealkylation sites (tertiary alicyclic amines) is 1. The summed E-state index contributed by atoms with van der Waals surface area (Å²) in [6, 6.07) is -0.431. The minimum atomic E-state index is -0.802. The van der Waals surface area contributed by atoms with Gasteiger partial charge in [0, 0.05) is 32.2 Å². The Morgan fingerprint density at radius 3 is 2.40 bits per heavy atom. The average molecular weight is 281 g/mol. The van der Waals surface area contributed by atoms with E-state index in [-0.39, 0.29) is 17.7 Å². The first-order valence-electron chi connectivity index (χ1n) is 7.11. The van der Waals surface area contributed by atoms with Gasteiger partial charge in [0.1, 0.15) is 5.54 Å². The lowest BCUT2D eigenvalue weighted by atomic mass is 9.86. The maximum Gasteiger partial charge on any atom is 0.322 e. The molecular weight excluding hydrogens is 262 g/mol. The number of amides is 4. The molecule has 3 saturated heterocycles. The lowest BCUT2D eigenvalue weighted by Gasteiger charge is -2.38. The first-order chi connectivity index (χ1) is 9.61. The molecule has 3 aliphatic heterocycles. The van der Waals surface area contributed by atoms with Gasteiger partial charge < -0.3 is 15.0 Å². The number of nitrogens with zero attached hydrogens (tertiary/aromatic N) is 1. The fourth-order valence-corrected chi connectivity index (χ4v) is 3.19. The third-order valence-corrected chi connectivity index (χ3v) is 4.51. The quantitative estimate of drug-likeness (QED) is 0.641. The van der Waals surface area contributed by atoms with E-state index in [4.69, 9.17) is 4.74 Å². The third kappa shape index (κ3) is 2.26. The van der Waals surface area contributed by atoms with E-state index in [1.165, 1.54) is 0 Å². The van der Waals surface area contributed by atoms with Crippen LogP contribution < -0.4 is 10.6 Å². The Bertz CT molecular complexity index is 437. The number of rotatable bonds is 1. The van der Waals surface area contributed by atoms with Crippen LogP contribution >= 0.6 is 0 Å². The first-order valence-corrected chi connectivity index (χ1v) is 7.11. The van der Waals surface area contributed by atoms with Gasteiger partial charge in [-0.15, -0.1) is 0 Å². The van der Waals surface area contributed by atoms with Crippen molar-refractivity contribution in [3.8, 4) is 0 Å². The zero-order valence-electron chi connectivity index (χ0n) is 11.3. The van der Waals surface area contributed by atoms with Crippen LogP contribution in [0.2, 0.25) is 0 Å². The van der Waals surface area contributed by atoms with Crippen LogP contribution in [0, 0.1) is 5.92 Å². The third-order valence-electron chi connectivity index (χ3n) is 4.51. The molecule has 0 aromatic rings. The maximum absolute atomic E-state index is 12.4. The van der Waals surface area contributed by atoms with E-state index >= 15 is 0 Å². The Labute approximate surface area is 117 Å². The van der Waals surface area contributed by atoms with E-state index in [9.17, 15) is 14.4 Å². The van der Waals surface area contributed by atoms with Crippen LogP contribution in [0.5, 0.6) is 0 Å². The molecule has 1 spiro atoms. The smallest absolute Gasteiger partial charge is 0.322 e. The molecule has 7 heteroatoms. The van der Waals surface area contributed by atoms with Crippen molar-refractivity contribution < 1.29 is 19.1 Å². The minimum absolute atomic E-state index is 0.0461. The summed E-state index contributed by atoms with van der Waals surface area (Å²) >= 11 is 0. The predicted octanol–water partition coefficient (Wildman–Crippen LogP) is -0.386. The molecule has 3 heterocycles. The Balaban J connectivity index is 1.59. The zero-order chi connectivity index (χ0) is 14.2. The molecule has 0 unspecified atom stereocenters. The summed E-state index contributed by atoms with van der Waals surface area (Å²) in [5, 5.41) is 4.98. The van der Waals surface area contributed by atoms with E-state index < -0.39 is 11.6 Å². The molecule has 20 heavy (non-hydrogen) atoms. The summed E-state index contributed by atoms with van der Waals surface area (Å²) in [5.74, 6) is -0.0571. The number of imide groups is 1. The Morgan fingerprint density at radius 2 is 1.85 bits per heavy atom. The van der Waals surface area contributed by atoms with Crippen molar-refractivity contribution >= 4 is 17.8 Å². The number of ether oxygens (including phenoxy) is 1. The number of hydrogen-bond acceptors (Lipinski definition) is 4. The molecule has 0 atom stereocenters. The molecule has 3 fully saturated rings. The molecule has 0 aromatic carbocycles. The van der Waals surface area contributed by atoms with Crippen LogP contribution in [0.25, 0.3) is 0 Å². The second-order valence-corrected chi connectivity index (χ2v) is 5.70. The molecule has 2 N–H and O–H groups in total. The fourth-order valence-electron chi connectivity index (χ4n) is 3.19. The van der Waals surface area contributed by atoms with Crippen molar-refractivity contribution in [2.45, 2.75) is 31.2 Å². The maximum atomic E-state index is 12.4. The van der Waals surface area contributed by atoms with Gasteiger partial charge in [0.25, 0.3) is 5.91 Å². The lowest BCUT2D eigenvalue weighted by molar-refractivity contribution is -0.141. The van der Waals surface area contributed by atoms with Crippen LogP contribution in [0.3, 0.4) is 0 Å². The van der Waals surface area contributed by atoms with E-state index in [1.54, 1.807) is 0 Å². The molecule has 3 rings (SSSR count). The van der Waals surface area contributed by atoms with Gasteiger partial charge in [0.05, 0.1) is 0 Å². The summed E-state index contributed by atoms with van der Waals surface area (Å²) < 4.78 is 5.27. The van der Waals surface area contributed by atoms with Crippen LogP contribution in [0.4, 0.5) is 4.79 Å². The number of carbonyl (C=O) groups excluding carboxylic acids is 3. The van der Waals surface area contributed by atoms with Crippen LogP contribution in [0.1, 0.15) is 25.7 Å². The van der Waals surface area contributed by atoms with Crippen molar-refractivity contribution in [2.24, 2.45) is 5.92 Å². The molecule has 0 aromatic heterocycles. The number of piperidine rings is 1. The molecule has 110 valence electrons. The van der Waals surface area contributed by atoms with Gasteiger partial charge in [-0.2, -0.15) is 0 Å². The van der Waals surface area contributed by atoms with Crippen LogP contribution in [-0.4, -0.2) is 54.6 Å². The van der Waals surface area contributed by atoms with Gasteiger partial charge in [-0.05, 0) is 25.7 Å². The van der Waals surface area contributed by atoms with Gasteiger partial charge in [0.2, 0.25) is 5.91 Å². The van der Waals surface area contributed by atoms with Gasteiger partial charge in [-0.3, -0.25) is 14.9 Å². The largest absolute Gasteiger partial charge is 0.381 e. The molecular formula is C13H19N3O4. The predicted molar refractivity (Wildman–Crippen MR) is 68.8 cm³/mol. The number of urea groups is 1. The second kappa shape index (κ2) is 5.05. The molecule has 0 aliphatic carbocycles. The zero-order valence-corrected chi connectivity index (χ0v) is 11.3. The van der Waals surface area contributed by atoms with Gasteiger partial charge in [0.15, 0.2) is 0 Å². The Hall–Kier alpha value is -1.63. The lowest BCUT2D eigenvalue weighted by Crippen LogP contribution is -2.56. The topological polar surface area (TPSA) is 87.7 Å². The molecule has 0 bridgehead atoms. The van der Waals surface area contributed by atoms with Gasteiger partial charge in [-0.25, -0.2) is 4.79 Å². The number of carbonyl (C=O) groups is 3. The van der Waals surface area contributed by atoms with Gasteiger partial charge in [-0.1, -0.05) is 0 Å². The molecule has 0 saturated carbocycles. The first kappa shape index (κ1) is 13.4. The second-order valence-electron chi connectivity index (χ2n) is 5.70. The fraction of sp³-hybridized carbons (Fsp3) is 0.769. The summed E-state index contributed by atoms with van der Waals surface area (Å²) in [7, 11) is 0. The van der Waals surface area contributed by atoms with Crippen molar-refractivity contribution in [1.29, 1.82) is 0 Å². The van der Waals surface area contributed by atoms with Crippen molar-refractivity contribution in [1.82, 2.24) is 15.5 Å². The summed E-state index contributed by atoms with van der Waals surface area (Å²) in [6.45, 7) is 2.33. The number of hydrogen-bond donors (Lipinski definition) is 2. The van der Waals surface area contributed by atoms with Gasteiger partial charge >= 0.3 is 6.03 Å².